The molecule has 3 aromatic rings. The summed E-state index contributed by atoms with van der Waals surface area (Å²) in [5.74, 6) is -0.621. The lowest BCUT2D eigenvalue weighted by molar-refractivity contribution is -0.132. The van der Waals surface area contributed by atoms with Gasteiger partial charge in [0.25, 0.3) is 5.91 Å². The summed E-state index contributed by atoms with van der Waals surface area (Å²) in [6.07, 6.45) is 0.155. The number of amides is 4. The Balaban J connectivity index is 1.50. The third-order valence-corrected chi connectivity index (χ3v) is 10.00. The summed E-state index contributed by atoms with van der Waals surface area (Å²) in [7, 11) is 0. The molecule has 0 radical (unpaired) electrons. The third kappa shape index (κ3) is 12.5. The fourth-order valence-electron chi connectivity index (χ4n) is 6.04. The number of aliphatic hydroxyl groups excluding tert-OH is 1. The highest BCUT2D eigenvalue weighted by Gasteiger charge is 2.32. The smallest absolute Gasteiger partial charge is 0.258 e. The van der Waals surface area contributed by atoms with Crippen LogP contribution in [0.15, 0.2) is 78.9 Å². The van der Waals surface area contributed by atoms with Gasteiger partial charge in [0.05, 0.1) is 17.9 Å². The number of hydrogen-bond acceptors (Lipinski definition) is 8. The Bertz CT molecular complexity index is 1620. The quantitative estimate of drug-likeness (QED) is 0.142. The van der Waals surface area contributed by atoms with E-state index in [0.717, 1.165) is 22.3 Å². The number of para-hydroxylation sites is 1. The minimum Gasteiger partial charge on any atom is -0.483 e. The van der Waals surface area contributed by atoms with E-state index in [1.54, 1.807) is 0 Å². The second kappa shape index (κ2) is 19.4. The number of nitrogens with zero attached hydrogens (tertiary/aromatic N) is 1. The molecule has 4 atom stereocenters. The number of thioether (sulfide) groups is 1. The number of carbonyl (C=O) groups is 4. The van der Waals surface area contributed by atoms with Crippen LogP contribution >= 0.6 is 24.0 Å². The van der Waals surface area contributed by atoms with Crippen molar-refractivity contribution in [2.24, 2.45) is 5.92 Å². The van der Waals surface area contributed by atoms with Crippen molar-refractivity contribution in [3.63, 3.8) is 0 Å². The Hall–Kier alpha value is -4.26. The summed E-state index contributed by atoms with van der Waals surface area (Å²) < 4.78 is 6.25. The first-order valence-electron chi connectivity index (χ1n) is 17.2. The number of aryl methyl sites for hydroxylation is 2. The first-order chi connectivity index (χ1) is 24.4. The zero-order valence-corrected chi connectivity index (χ0v) is 31.2. The lowest BCUT2D eigenvalue weighted by Gasteiger charge is -2.30. The average Bonchev–Trinajstić information content (AvgIpc) is 3.40. The van der Waals surface area contributed by atoms with Crippen LogP contribution in [0.25, 0.3) is 0 Å². The molecule has 10 nitrogen and oxygen atoms in total. The lowest BCUT2D eigenvalue weighted by atomic mass is 9.93. The van der Waals surface area contributed by atoms with Gasteiger partial charge in [-0.3, -0.25) is 24.1 Å². The number of thiocarbonyl (C=S) groups is 1. The predicted molar refractivity (Wildman–Crippen MR) is 204 cm³/mol. The molecular weight excluding hydrogens is 685 g/mol. The average molecular weight is 733 g/mol. The van der Waals surface area contributed by atoms with Crippen molar-refractivity contribution in [3.05, 3.63) is 101 Å². The summed E-state index contributed by atoms with van der Waals surface area (Å²) in [4.78, 5) is 53.6. The van der Waals surface area contributed by atoms with Crippen molar-refractivity contribution in [1.29, 1.82) is 0 Å². The highest BCUT2D eigenvalue weighted by Crippen LogP contribution is 2.22. The number of aliphatic hydroxyl groups is 1. The van der Waals surface area contributed by atoms with Gasteiger partial charge in [-0.1, -0.05) is 117 Å². The molecule has 1 saturated heterocycles. The monoisotopic (exact) mass is 732 g/mol. The topological polar surface area (TPSA) is 137 Å². The largest absolute Gasteiger partial charge is 0.483 e. The van der Waals surface area contributed by atoms with Gasteiger partial charge in [0, 0.05) is 6.04 Å². The maximum atomic E-state index is 13.9. The number of ether oxygens (including phenoxy) is 1. The maximum Gasteiger partial charge on any atom is 0.258 e. The molecule has 1 heterocycles. The van der Waals surface area contributed by atoms with Gasteiger partial charge in [-0.2, -0.15) is 0 Å². The van der Waals surface area contributed by atoms with Crippen molar-refractivity contribution in [2.75, 3.05) is 18.9 Å². The second-order valence-corrected chi connectivity index (χ2v) is 15.0. The minimum atomic E-state index is -1.07. The highest BCUT2D eigenvalue weighted by atomic mass is 32.2. The van der Waals surface area contributed by atoms with Gasteiger partial charge in [0.15, 0.2) is 6.61 Å². The molecule has 1 fully saturated rings. The molecule has 51 heavy (non-hydrogen) atoms. The number of carbonyl (C=O) groups excluding carboxylic acids is 4. The number of rotatable bonds is 18. The Labute approximate surface area is 310 Å². The first-order valence-corrected chi connectivity index (χ1v) is 18.6. The van der Waals surface area contributed by atoms with Crippen LogP contribution in [0.1, 0.15) is 48.9 Å². The van der Waals surface area contributed by atoms with E-state index in [9.17, 15) is 24.3 Å². The van der Waals surface area contributed by atoms with Gasteiger partial charge in [-0.15, -0.1) is 0 Å². The van der Waals surface area contributed by atoms with Gasteiger partial charge >= 0.3 is 0 Å². The van der Waals surface area contributed by atoms with Gasteiger partial charge in [-0.25, -0.2) is 0 Å². The molecule has 3 aromatic carbocycles. The third-order valence-electron chi connectivity index (χ3n) is 8.56. The van der Waals surface area contributed by atoms with Crippen LogP contribution in [-0.2, 0) is 32.0 Å². The fraction of sp³-hybridized carbons (Fsp3) is 0.410. The zero-order valence-electron chi connectivity index (χ0n) is 29.6. The van der Waals surface area contributed by atoms with Crippen LogP contribution in [-0.4, -0.2) is 81.1 Å². The molecule has 4 rings (SSSR count). The molecule has 0 saturated carbocycles. The predicted octanol–water partition coefficient (Wildman–Crippen LogP) is 4.28. The molecule has 0 bridgehead atoms. The summed E-state index contributed by atoms with van der Waals surface area (Å²) in [5, 5.41) is 20.7. The molecular formula is C39H48N4O6S2. The van der Waals surface area contributed by atoms with Crippen molar-refractivity contribution < 1.29 is 29.0 Å². The van der Waals surface area contributed by atoms with Gasteiger partial charge in [0.1, 0.15) is 22.7 Å². The molecule has 4 amide bonds. The number of nitrogens with one attached hydrogen (secondary N) is 3. The van der Waals surface area contributed by atoms with E-state index < -0.39 is 36.0 Å². The molecule has 4 N–H and O–H groups in total. The molecule has 0 unspecified atom stereocenters. The summed E-state index contributed by atoms with van der Waals surface area (Å²) in [5.41, 5.74) is 3.73. The van der Waals surface area contributed by atoms with E-state index in [0.29, 0.717) is 29.3 Å². The maximum absolute atomic E-state index is 13.9. The van der Waals surface area contributed by atoms with Crippen LogP contribution in [0.3, 0.4) is 0 Å². The summed E-state index contributed by atoms with van der Waals surface area (Å²) in [6, 6.07) is 22.8. The Morgan fingerprint density at radius 3 is 2.02 bits per heavy atom. The number of benzene rings is 3. The molecule has 272 valence electrons. The molecule has 12 heteroatoms. The second-order valence-electron chi connectivity index (χ2n) is 13.4. The van der Waals surface area contributed by atoms with E-state index in [4.69, 9.17) is 17.0 Å². The van der Waals surface area contributed by atoms with E-state index in [1.165, 1.54) is 16.7 Å². The van der Waals surface area contributed by atoms with Crippen molar-refractivity contribution in [3.8, 4) is 5.75 Å². The molecule has 0 spiro atoms. The Morgan fingerprint density at radius 2 is 1.45 bits per heavy atom. The molecule has 0 aliphatic carbocycles. The summed E-state index contributed by atoms with van der Waals surface area (Å²) in [6.45, 7) is 7.28. The minimum absolute atomic E-state index is 0.0553. The normalized spacial score (nSPS) is 15.2. The van der Waals surface area contributed by atoms with Crippen LogP contribution < -0.4 is 20.7 Å². The zero-order chi connectivity index (χ0) is 36.9. The van der Waals surface area contributed by atoms with Crippen molar-refractivity contribution in [1.82, 2.24) is 20.9 Å². The van der Waals surface area contributed by atoms with Crippen molar-refractivity contribution in [2.45, 2.75) is 77.6 Å². The molecule has 0 aromatic heterocycles. The molecule has 1 aliphatic heterocycles. The highest BCUT2D eigenvalue weighted by molar-refractivity contribution is 8.23. The van der Waals surface area contributed by atoms with Crippen LogP contribution in [0.2, 0.25) is 0 Å². The summed E-state index contributed by atoms with van der Waals surface area (Å²) >= 11 is 6.42. The van der Waals surface area contributed by atoms with E-state index in [-0.39, 0.29) is 43.1 Å². The standard InChI is InChI=1S/C39H48N4O6S2/c1-25(2)18-32(41-34(45)22-43-36(47)24-51-39(43)50)38(48)42-31(20-29-16-9-6-10-17-29)33(44)21-30(19-28-14-7-5-8-15-28)40-35(46)23-49-37-26(3)12-11-13-27(37)4/h5-17,25,30-33,44H,18-24H2,1-4H3,(H,40,46)(H,41,45)(H,42,48)/t30-,31-,32-,33-/m0/s1. The van der Waals surface area contributed by atoms with Gasteiger partial charge < -0.3 is 25.8 Å². The first kappa shape index (κ1) is 39.5. The van der Waals surface area contributed by atoms with E-state index in [2.05, 4.69) is 16.0 Å². The van der Waals surface area contributed by atoms with Crippen molar-refractivity contribution >= 4 is 51.9 Å². The van der Waals surface area contributed by atoms with Gasteiger partial charge in [-0.05, 0) is 67.7 Å². The lowest BCUT2D eigenvalue weighted by Crippen LogP contribution is -2.55. The Kier molecular flexibility index (Phi) is 15.0. The van der Waals surface area contributed by atoms with Crippen LogP contribution in [0.5, 0.6) is 5.75 Å². The fourth-order valence-corrected chi connectivity index (χ4v) is 7.10. The van der Waals surface area contributed by atoms with Crippen LogP contribution in [0.4, 0.5) is 0 Å². The Morgan fingerprint density at radius 1 is 0.843 bits per heavy atom. The van der Waals surface area contributed by atoms with Crippen LogP contribution in [0, 0.1) is 19.8 Å². The SMILES string of the molecule is Cc1cccc(C)c1OCC(=O)N[C@@H](Cc1ccccc1)C[C@H](O)[C@H](Cc1ccccc1)NC(=O)[C@H](CC(C)C)NC(=O)CN1C(=O)CSC1=S. The number of hydrogen-bond donors (Lipinski definition) is 4. The van der Waals surface area contributed by atoms with E-state index in [1.807, 2.05) is 107 Å². The molecule has 1 aliphatic rings. The van der Waals surface area contributed by atoms with E-state index >= 15 is 0 Å². The van der Waals surface area contributed by atoms with Gasteiger partial charge in [0.2, 0.25) is 17.7 Å².